The Labute approximate surface area is 330 Å². The number of fused-ring (bicyclic) bond motifs is 9. The summed E-state index contributed by atoms with van der Waals surface area (Å²) in [6.45, 7) is 4.36. The van der Waals surface area contributed by atoms with Crippen molar-refractivity contribution in [3.63, 3.8) is 0 Å². The molecule has 0 saturated heterocycles. The lowest BCUT2D eigenvalue weighted by atomic mass is 9.90. The number of hydrogen-bond donors (Lipinski definition) is 0. The van der Waals surface area contributed by atoms with Gasteiger partial charge in [0.25, 0.3) is 0 Å². The Morgan fingerprint density at radius 1 is 0.321 bits per heavy atom. The molecule has 0 amide bonds. The Morgan fingerprint density at radius 3 is 1.49 bits per heavy atom. The summed E-state index contributed by atoms with van der Waals surface area (Å²) in [5.74, 6) is 0. The van der Waals surface area contributed by atoms with Crippen LogP contribution >= 0.6 is 43.2 Å². The summed E-state index contributed by atoms with van der Waals surface area (Å²) in [5.41, 5.74) is 10.2. The molecule has 0 aliphatic carbocycles. The number of aryl methyl sites for hydroxylation is 2. The van der Waals surface area contributed by atoms with E-state index in [0.717, 1.165) is 8.95 Å². The summed E-state index contributed by atoms with van der Waals surface area (Å²) >= 11 is 9.13. The van der Waals surface area contributed by atoms with Crippen LogP contribution in [0.5, 0.6) is 0 Å². The van der Waals surface area contributed by atoms with E-state index in [1.807, 2.05) is 11.3 Å². The van der Waals surface area contributed by atoms with Crippen molar-refractivity contribution in [3.8, 4) is 33.4 Å². The average molecular weight is 827 g/mol. The first kappa shape index (κ1) is 33.8. The fourth-order valence-corrected chi connectivity index (χ4v) is 9.54. The minimum Gasteiger partial charge on any atom is -0.135 e. The van der Waals surface area contributed by atoms with Gasteiger partial charge in [0.2, 0.25) is 0 Å². The van der Waals surface area contributed by atoms with Gasteiger partial charge < -0.3 is 0 Å². The van der Waals surface area contributed by atoms with Crippen LogP contribution < -0.4 is 0 Å². The molecule has 53 heavy (non-hydrogen) atoms. The van der Waals surface area contributed by atoms with Gasteiger partial charge in [0, 0.05) is 29.1 Å². The maximum atomic E-state index is 3.63. The maximum Gasteiger partial charge on any atom is 0.0362 e. The molecule has 0 unspecified atom stereocenters. The molecule has 0 aliphatic rings. The van der Waals surface area contributed by atoms with Crippen LogP contribution in [0.1, 0.15) is 11.1 Å². The van der Waals surface area contributed by atoms with Crippen LogP contribution in [0.2, 0.25) is 0 Å². The second-order valence-electron chi connectivity index (χ2n) is 13.6. The van der Waals surface area contributed by atoms with Gasteiger partial charge in [-0.1, -0.05) is 153 Å². The average Bonchev–Trinajstić information content (AvgIpc) is 3.56. The predicted molar refractivity (Wildman–Crippen MR) is 239 cm³/mol. The van der Waals surface area contributed by atoms with Gasteiger partial charge in [0.05, 0.1) is 0 Å². The summed E-state index contributed by atoms with van der Waals surface area (Å²) in [6.07, 6.45) is 0. The zero-order chi connectivity index (χ0) is 36.1. The van der Waals surface area contributed by atoms with Crippen molar-refractivity contribution in [3.05, 3.63) is 190 Å². The highest BCUT2D eigenvalue weighted by Gasteiger charge is 2.14. The smallest absolute Gasteiger partial charge is 0.0362 e. The molecule has 0 radical (unpaired) electrons. The number of rotatable bonds is 3. The van der Waals surface area contributed by atoms with Crippen LogP contribution in [0, 0.1) is 13.8 Å². The Hall–Kier alpha value is -5.06. The van der Waals surface area contributed by atoms with E-state index in [1.165, 1.54) is 97.0 Å². The number of thiophene rings is 1. The number of benzene rings is 9. The third kappa shape index (κ3) is 6.27. The van der Waals surface area contributed by atoms with Crippen molar-refractivity contribution in [1.82, 2.24) is 0 Å². The first-order valence-corrected chi connectivity index (χ1v) is 20.2. The van der Waals surface area contributed by atoms with Gasteiger partial charge in [-0.25, -0.2) is 0 Å². The summed E-state index contributed by atoms with van der Waals surface area (Å²) < 4.78 is 4.93. The van der Waals surface area contributed by atoms with E-state index in [9.17, 15) is 0 Å². The van der Waals surface area contributed by atoms with E-state index < -0.39 is 0 Å². The van der Waals surface area contributed by atoms with Crippen LogP contribution in [0.3, 0.4) is 0 Å². The lowest BCUT2D eigenvalue weighted by molar-refractivity contribution is 1.40. The van der Waals surface area contributed by atoms with E-state index in [1.54, 1.807) is 0 Å². The van der Waals surface area contributed by atoms with Crippen LogP contribution in [0.15, 0.2) is 179 Å². The van der Waals surface area contributed by atoms with Crippen molar-refractivity contribution in [2.24, 2.45) is 0 Å². The summed E-state index contributed by atoms with van der Waals surface area (Å²) in [6, 6.07) is 61.4. The van der Waals surface area contributed by atoms with Gasteiger partial charge in [-0.2, -0.15) is 0 Å². The number of hydrogen-bond acceptors (Lipinski definition) is 1. The topological polar surface area (TPSA) is 0 Å². The van der Waals surface area contributed by atoms with Gasteiger partial charge in [0.15, 0.2) is 0 Å². The highest BCUT2D eigenvalue weighted by molar-refractivity contribution is 9.10. The van der Waals surface area contributed by atoms with Gasteiger partial charge in [-0.15, -0.1) is 11.3 Å². The van der Waals surface area contributed by atoms with Crippen LogP contribution in [0.25, 0.3) is 85.9 Å². The predicted octanol–water partition coefficient (Wildman–Crippen LogP) is 16.3. The van der Waals surface area contributed by atoms with Gasteiger partial charge >= 0.3 is 0 Å². The standard InChI is InChI=1S/C26H21Br.C24H13BrS/c1-18-12-14-21(16-25(18)26-17-22(27)15-13-19(26)2)24-11-7-6-10-23(24)20-8-4-3-5-9-20;25-14-9-10-23-21(11-14)22-12-19-17-7-3-1-5-15(17)16-6-2-4-8-18(16)20(19)13-24(22)26-23/h3-17H,1-2H3;1-13H. The fraction of sp³-hybridized carbons (Fsp3) is 0.0400. The first-order chi connectivity index (χ1) is 25.9. The third-order valence-corrected chi connectivity index (χ3v) is 12.5. The largest absolute Gasteiger partial charge is 0.135 e. The SMILES string of the molecule is Brc1ccc2sc3cc4c5ccccc5c5ccccc5c4cc3c2c1.Cc1ccc(Br)cc1-c1cc(-c2ccccc2-c2ccccc2)ccc1C. The molecule has 0 saturated carbocycles. The van der Waals surface area contributed by atoms with E-state index in [0.29, 0.717) is 0 Å². The normalized spacial score (nSPS) is 11.4. The molecule has 0 nitrogen and oxygen atoms in total. The first-order valence-electron chi connectivity index (χ1n) is 17.8. The highest BCUT2D eigenvalue weighted by Crippen LogP contribution is 2.42. The minimum absolute atomic E-state index is 1.11. The van der Waals surface area contributed by atoms with E-state index in [4.69, 9.17) is 0 Å². The van der Waals surface area contributed by atoms with Crippen molar-refractivity contribution >= 4 is 95.7 Å². The van der Waals surface area contributed by atoms with E-state index in [-0.39, 0.29) is 0 Å². The lowest BCUT2D eigenvalue weighted by Crippen LogP contribution is -1.90. The molecule has 1 heterocycles. The molecule has 9 aromatic carbocycles. The summed E-state index contributed by atoms with van der Waals surface area (Å²) in [7, 11) is 0. The second kappa shape index (κ2) is 14.1. The van der Waals surface area contributed by atoms with Crippen LogP contribution in [-0.2, 0) is 0 Å². The Kier molecular flexibility index (Phi) is 8.95. The third-order valence-electron chi connectivity index (χ3n) is 10.3. The summed E-state index contributed by atoms with van der Waals surface area (Å²) in [4.78, 5) is 0. The second-order valence-corrected chi connectivity index (χ2v) is 16.5. The molecular weight excluding hydrogens is 792 g/mol. The van der Waals surface area contributed by atoms with Crippen molar-refractivity contribution < 1.29 is 0 Å². The Morgan fingerprint density at radius 2 is 0.811 bits per heavy atom. The molecule has 0 spiro atoms. The van der Waals surface area contributed by atoms with E-state index >= 15 is 0 Å². The van der Waals surface area contributed by atoms with Crippen molar-refractivity contribution in [1.29, 1.82) is 0 Å². The van der Waals surface area contributed by atoms with Crippen molar-refractivity contribution in [2.45, 2.75) is 13.8 Å². The van der Waals surface area contributed by atoms with Gasteiger partial charge in [-0.3, -0.25) is 0 Å². The molecule has 0 atom stereocenters. The van der Waals surface area contributed by atoms with Crippen molar-refractivity contribution in [2.75, 3.05) is 0 Å². The molecule has 10 aromatic rings. The zero-order valence-electron chi connectivity index (χ0n) is 29.3. The van der Waals surface area contributed by atoms with Crippen LogP contribution in [0.4, 0.5) is 0 Å². The lowest BCUT2D eigenvalue weighted by Gasteiger charge is -2.15. The fourth-order valence-electron chi connectivity index (χ4n) is 7.71. The molecule has 10 rings (SSSR count). The molecule has 1 aromatic heterocycles. The molecule has 0 aliphatic heterocycles. The molecule has 3 heteroatoms. The van der Waals surface area contributed by atoms with Crippen LogP contribution in [-0.4, -0.2) is 0 Å². The van der Waals surface area contributed by atoms with Gasteiger partial charge in [-0.05, 0) is 139 Å². The molecule has 0 bridgehead atoms. The monoisotopic (exact) mass is 824 g/mol. The highest BCUT2D eigenvalue weighted by atomic mass is 79.9. The Balaban J connectivity index is 0.000000140. The Bertz CT molecular complexity index is 2990. The zero-order valence-corrected chi connectivity index (χ0v) is 33.3. The molecule has 0 fully saturated rings. The number of halogens is 2. The van der Waals surface area contributed by atoms with Gasteiger partial charge in [0.1, 0.15) is 0 Å². The molecule has 0 N–H and O–H groups in total. The molecular formula is C50H34Br2S. The quantitative estimate of drug-likeness (QED) is 0.156. The maximum absolute atomic E-state index is 3.63. The summed E-state index contributed by atoms with van der Waals surface area (Å²) in [5, 5.41) is 10.7. The minimum atomic E-state index is 1.11. The molecule has 254 valence electrons. The van der Waals surface area contributed by atoms with E-state index in [2.05, 4.69) is 216 Å².